The van der Waals surface area contributed by atoms with Crippen molar-refractivity contribution in [2.24, 2.45) is 10.2 Å². The largest absolute Gasteiger partial charge is 0.473 e. The van der Waals surface area contributed by atoms with Crippen LogP contribution in [0.25, 0.3) is 0 Å². The summed E-state index contributed by atoms with van der Waals surface area (Å²) in [7, 11) is 0. The Balaban J connectivity index is 1.43. The van der Waals surface area contributed by atoms with Crippen LogP contribution in [-0.2, 0) is 0 Å². The zero-order valence-electron chi connectivity index (χ0n) is 23.4. The fraction of sp³-hybridized carbons (Fsp3) is 0.156. The van der Waals surface area contributed by atoms with E-state index in [1.54, 1.807) is 24.3 Å². The molecular formula is C32H31N7O3. The highest BCUT2D eigenvalue weighted by Crippen LogP contribution is 2.32. The van der Waals surface area contributed by atoms with Crippen LogP contribution in [0.1, 0.15) is 13.8 Å². The summed E-state index contributed by atoms with van der Waals surface area (Å²) in [5.41, 5.74) is 2.38. The molecule has 10 nitrogen and oxygen atoms in total. The maximum Gasteiger partial charge on any atom is 0.330 e. The van der Waals surface area contributed by atoms with Crippen LogP contribution < -0.4 is 24.4 Å². The Bertz CT molecular complexity index is 1520. The van der Waals surface area contributed by atoms with Crippen LogP contribution in [0, 0.1) is 0 Å². The fourth-order valence-electron chi connectivity index (χ4n) is 4.00. The van der Waals surface area contributed by atoms with Crippen molar-refractivity contribution in [2.45, 2.75) is 13.8 Å². The molecule has 0 saturated heterocycles. The molecule has 1 heterocycles. The van der Waals surface area contributed by atoms with Gasteiger partial charge in [-0.05, 0) is 68.4 Å². The van der Waals surface area contributed by atoms with Crippen LogP contribution in [0.5, 0.6) is 29.3 Å². The van der Waals surface area contributed by atoms with Crippen LogP contribution in [0.4, 0.5) is 23.0 Å². The molecule has 10 heteroatoms. The van der Waals surface area contributed by atoms with E-state index in [1.165, 1.54) is 0 Å². The quantitative estimate of drug-likeness (QED) is 0.113. The molecule has 1 aromatic heterocycles. The number of aromatic nitrogens is 3. The molecule has 0 radical (unpaired) electrons. The maximum atomic E-state index is 5.86. The van der Waals surface area contributed by atoms with Gasteiger partial charge in [0.05, 0.1) is 5.69 Å². The SMILES string of the molecule is CCN(CC)c1ccc(N=Nc2nc(Oc3ccccc3)nc(Oc3ccccc3)n2)c(NCOc2ccccc2)c1. The van der Waals surface area contributed by atoms with Gasteiger partial charge in [0.15, 0.2) is 6.73 Å². The first-order valence-electron chi connectivity index (χ1n) is 13.6. The van der Waals surface area contributed by atoms with E-state index in [4.69, 9.17) is 14.2 Å². The third-order valence-electron chi connectivity index (χ3n) is 6.09. The van der Waals surface area contributed by atoms with Crippen molar-refractivity contribution in [2.75, 3.05) is 30.0 Å². The highest BCUT2D eigenvalue weighted by molar-refractivity contribution is 5.71. The predicted octanol–water partition coefficient (Wildman–Crippen LogP) is 8.17. The Kier molecular flexibility index (Phi) is 9.49. The monoisotopic (exact) mass is 561 g/mol. The van der Waals surface area contributed by atoms with E-state index in [9.17, 15) is 0 Å². The van der Waals surface area contributed by atoms with Gasteiger partial charge < -0.3 is 24.4 Å². The second kappa shape index (κ2) is 14.2. The summed E-state index contributed by atoms with van der Waals surface area (Å²) in [5, 5.41) is 12.1. The number of nitrogens with zero attached hydrogens (tertiary/aromatic N) is 6. The molecule has 5 rings (SSSR count). The number of anilines is 2. The Morgan fingerprint density at radius 2 is 1.19 bits per heavy atom. The molecule has 4 aromatic carbocycles. The predicted molar refractivity (Wildman–Crippen MR) is 163 cm³/mol. The summed E-state index contributed by atoms with van der Waals surface area (Å²) in [4.78, 5) is 15.3. The molecule has 0 bridgehead atoms. The van der Waals surface area contributed by atoms with E-state index in [0.29, 0.717) is 17.2 Å². The van der Waals surface area contributed by atoms with Gasteiger partial charge in [-0.3, -0.25) is 0 Å². The summed E-state index contributed by atoms with van der Waals surface area (Å²) >= 11 is 0. The average molecular weight is 562 g/mol. The number of azo groups is 1. The molecule has 0 aliphatic heterocycles. The summed E-state index contributed by atoms with van der Waals surface area (Å²) in [5.74, 6) is 1.92. The first-order valence-corrected chi connectivity index (χ1v) is 13.6. The first-order chi connectivity index (χ1) is 20.7. The van der Waals surface area contributed by atoms with Gasteiger partial charge in [0.2, 0.25) is 0 Å². The minimum Gasteiger partial charge on any atom is -0.473 e. The second-order valence-corrected chi connectivity index (χ2v) is 8.88. The lowest BCUT2D eigenvalue weighted by atomic mass is 10.2. The zero-order chi connectivity index (χ0) is 29.0. The van der Waals surface area contributed by atoms with Crippen LogP contribution in [-0.4, -0.2) is 34.8 Å². The molecule has 0 amide bonds. The third-order valence-corrected chi connectivity index (χ3v) is 6.09. The van der Waals surface area contributed by atoms with Gasteiger partial charge in [0.1, 0.15) is 22.9 Å². The van der Waals surface area contributed by atoms with Crippen molar-refractivity contribution in [3.63, 3.8) is 0 Å². The highest BCUT2D eigenvalue weighted by atomic mass is 16.5. The number of hydrogen-bond acceptors (Lipinski definition) is 10. The Labute approximate surface area is 244 Å². The topological polar surface area (TPSA) is 106 Å². The molecule has 212 valence electrons. The smallest absolute Gasteiger partial charge is 0.330 e. The average Bonchev–Trinajstić information content (AvgIpc) is 3.03. The summed E-state index contributed by atoms with van der Waals surface area (Å²) in [6.07, 6.45) is 0. The molecule has 42 heavy (non-hydrogen) atoms. The number of nitrogens with one attached hydrogen (secondary N) is 1. The van der Waals surface area contributed by atoms with Gasteiger partial charge in [-0.15, -0.1) is 15.2 Å². The lowest BCUT2D eigenvalue weighted by molar-refractivity contribution is 0.347. The number of para-hydroxylation sites is 3. The van der Waals surface area contributed by atoms with Crippen molar-refractivity contribution < 1.29 is 14.2 Å². The minimum atomic E-state index is 0.0289. The molecule has 0 atom stereocenters. The van der Waals surface area contributed by atoms with Crippen molar-refractivity contribution in [3.8, 4) is 29.3 Å². The fourth-order valence-corrected chi connectivity index (χ4v) is 4.00. The molecule has 0 saturated carbocycles. The zero-order valence-corrected chi connectivity index (χ0v) is 23.4. The first kappa shape index (κ1) is 28.0. The van der Waals surface area contributed by atoms with Gasteiger partial charge >= 0.3 is 12.0 Å². The van der Waals surface area contributed by atoms with Gasteiger partial charge in [0.25, 0.3) is 5.95 Å². The maximum absolute atomic E-state index is 5.86. The Hall–Kier alpha value is -5.51. The number of rotatable bonds is 13. The number of ether oxygens (including phenoxy) is 3. The third kappa shape index (κ3) is 7.79. The second-order valence-electron chi connectivity index (χ2n) is 8.88. The molecule has 5 aromatic rings. The standard InChI is InChI=1S/C32H31N7O3/c1-3-39(4-2)24-20-21-28(29(22-24)33-23-40-25-14-8-5-9-15-25)37-38-30-34-31(41-26-16-10-6-11-17-26)36-32(35-30)42-27-18-12-7-13-19-27/h5-22,33H,3-4,23H2,1-2H3. The van der Waals surface area contributed by atoms with E-state index >= 15 is 0 Å². The molecule has 0 aliphatic carbocycles. The van der Waals surface area contributed by atoms with Crippen LogP contribution in [0.15, 0.2) is 119 Å². The van der Waals surface area contributed by atoms with Crippen LogP contribution in [0.2, 0.25) is 0 Å². The highest BCUT2D eigenvalue weighted by Gasteiger charge is 2.12. The van der Waals surface area contributed by atoms with Crippen molar-refractivity contribution in [1.82, 2.24) is 15.0 Å². The molecule has 0 fully saturated rings. The van der Waals surface area contributed by atoms with E-state index in [2.05, 4.69) is 49.2 Å². The van der Waals surface area contributed by atoms with E-state index in [-0.39, 0.29) is 24.7 Å². The number of hydrogen-bond donors (Lipinski definition) is 1. The lowest BCUT2D eigenvalue weighted by Crippen LogP contribution is -2.21. The lowest BCUT2D eigenvalue weighted by Gasteiger charge is -2.22. The van der Waals surface area contributed by atoms with Crippen molar-refractivity contribution in [3.05, 3.63) is 109 Å². The molecule has 1 N–H and O–H groups in total. The molecular weight excluding hydrogens is 530 g/mol. The summed E-state index contributed by atoms with van der Waals surface area (Å²) in [6.45, 7) is 6.22. The molecule has 0 unspecified atom stereocenters. The Morgan fingerprint density at radius 1 is 0.643 bits per heavy atom. The number of benzene rings is 4. The van der Waals surface area contributed by atoms with E-state index < -0.39 is 0 Å². The van der Waals surface area contributed by atoms with Crippen LogP contribution >= 0.6 is 0 Å². The minimum absolute atomic E-state index is 0.0289. The van der Waals surface area contributed by atoms with Gasteiger partial charge in [0, 0.05) is 18.8 Å². The van der Waals surface area contributed by atoms with Crippen molar-refractivity contribution >= 4 is 23.0 Å². The molecule has 0 aliphatic rings. The normalized spacial score (nSPS) is 10.8. The van der Waals surface area contributed by atoms with Gasteiger partial charge in [-0.1, -0.05) is 54.6 Å². The van der Waals surface area contributed by atoms with Crippen LogP contribution in [0.3, 0.4) is 0 Å². The summed E-state index contributed by atoms with van der Waals surface area (Å²) in [6, 6.07) is 34.0. The van der Waals surface area contributed by atoms with Gasteiger partial charge in [-0.2, -0.15) is 9.97 Å². The van der Waals surface area contributed by atoms with Gasteiger partial charge in [-0.25, -0.2) is 0 Å². The molecule has 0 spiro atoms. The van der Waals surface area contributed by atoms with E-state index in [1.807, 2.05) is 84.9 Å². The Morgan fingerprint density at radius 3 is 1.74 bits per heavy atom. The van der Waals surface area contributed by atoms with E-state index in [0.717, 1.165) is 30.2 Å². The summed E-state index contributed by atoms with van der Waals surface area (Å²) < 4.78 is 17.6. The van der Waals surface area contributed by atoms with Crippen molar-refractivity contribution in [1.29, 1.82) is 0 Å².